The van der Waals surface area contributed by atoms with Gasteiger partial charge in [-0.05, 0) is 40.5 Å². The number of carbonyl (C=O) groups excluding carboxylic acids is 2. The van der Waals surface area contributed by atoms with E-state index in [1.165, 1.54) is 12.0 Å². The fraction of sp³-hybridized carbons (Fsp3) is 0.789. The standard InChI is InChI=1S/C19H33NO5/c1-8-14(24-7)15-13(2)16(21)20(17(15)22)11-9-19(5,6)25-12-10-18(3,4)23/h8,13-15,23H,1,9-12H2,2-7H3. The summed E-state index contributed by atoms with van der Waals surface area (Å²) in [7, 11) is 1.51. The molecule has 6 heteroatoms. The number of rotatable bonds is 10. The fourth-order valence-electron chi connectivity index (χ4n) is 2.97. The highest BCUT2D eigenvalue weighted by Crippen LogP contribution is 2.31. The normalized spacial score (nSPS) is 23.2. The summed E-state index contributed by atoms with van der Waals surface area (Å²) in [6.07, 6.45) is 2.15. The van der Waals surface area contributed by atoms with Crippen LogP contribution in [0.4, 0.5) is 0 Å². The summed E-state index contributed by atoms with van der Waals surface area (Å²) in [5.74, 6) is -1.33. The van der Waals surface area contributed by atoms with E-state index in [1.54, 1.807) is 26.8 Å². The first-order valence-electron chi connectivity index (χ1n) is 8.80. The Morgan fingerprint density at radius 2 is 1.84 bits per heavy atom. The second-order valence-corrected chi connectivity index (χ2v) is 8.00. The second kappa shape index (κ2) is 8.43. The van der Waals surface area contributed by atoms with E-state index in [9.17, 15) is 14.7 Å². The van der Waals surface area contributed by atoms with Gasteiger partial charge in [-0.1, -0.05) is 13.0 Å². The Kier molecular flexibility index (Phi) is 7.35. The lowest BCUT2D eigenvalue weighted by atomic mass is 9.91. The Labute approximate surface area is 151 Å². The Morgan fingerprint density at radius 1 is 1.24 bits per heavy atom. The number of hydrogen-bond donors (Lipinski definition) is 1. The SMILES string of the molecule is C=CC(OC)C1C(=O)N(CCC(C)(C)OCCC(C)(C)O)C(=O)C1C. The van der Waals surface area contributed by atoms with Gasteiger partial charge >= 0.3 is 0 Å². The minimum atomic E-state index is -0.778. The van der Waals surface area contributed by atoms with Gasteiger partial charge in [0, 0.05) is 13.7 Å². The Hall–Kier alpha value is -1.24. The molecule has 0 spiro atoms. The van der Waals surface area contributed by atoms with Crippen molar-refractivity contribution < 1.29 is 24.2 Å². The summed E-state index contributed by atoms with van der Waals surface area (Å²) >= 11 is 0. The van der Waals surface area contributed by atoms with Gasteiger partial charge in [0.15, 0.2) is 0 Å². The van der Waals surface area contributed by atoms with Crippen molar-refractivity contribution in [3.05, 3.63) is 12.7 Å². The Bertz CT molecular complexity index is 495. The highest BCUT2D eigenvalue weighted by Gasteiger charge is 2.48. The summed E-state index contributed by atoms with van der Waals surface area (Å²) in [5.41, 5.74) is -1.27. The second-order valence-electron chi connectivity index (χ2n) is 8.00. The van der Waals surface area contributed by atoms with Crippen LogP contribution in [-0.2, 0) is 19.1 Å². The Balaban J connectivity index is 2.65. The van der Waals surface area contributed by atoms with E-state index in [1.807, 2.05) is 13.8 Å². The molecule has 144 valence electrons. The third kappa shape index (κ3) is 5.90. The van der Waals surface area contributed by atoms with E-state index in [0.29, 0.717) is 26.0 Å². The molecule has 1 saturated heterocycles. The van der Waals surface area contributed by atoms with Crippen LogP contribution >= 0.6 is 0 Å². The molecule has 2 amide bonds. The fourth-order valence-corrected chi connectivity index (χ4v) is 2.97. The zero-order chi connectivity index (χ0) is 19.4. The molecular weight excluding hydrogens is 322 g/mol. The summed E-state index contributed by atoms with van der Waals surface area (Å²) in [6.45, 7) is 13.5. The van der Waals surface area contributed by atoms with Gasteiger partial charge in [0.25, 0.3) is 0 Å². The van der Waals surface area contributed by atoms with Gasteiger partial charge in [0.1, 0.15) is 0 Å². The molecule has 0 aromatic rings. The van der Waals surface area contributed by atoms with Crippen molar-refractivity contribution in [2.24, 2.45) is 11.8 Å². The molecule has 1 fully saturated rings. The molecule has 25 heavy (non-hydrogen) atoms. The smallest absolute Gasteiger partial charge is 0.236 e. The lowest BCUT2D eigenvalue weighted by Crippen LogP contribution is -2.38. The summed E-state index contributed by atoms with van der Waals surface area (Å²) in [4.78, 5) is 26.4. The molecular formula is C19H33NO5. The van der Waals surface area contributed by atoms with Gasteiger partial charge in [-0.15, -0.1) is 6.58 Å². The summed E-state index contributed by atoms with van der Waals surface area (Å²) in [5, 5.41) is 9.75. The third-order valence-corrected chi connectivity index (χ3v) is 4.75. The van der Waals surface area contributed by atoms with Crippen LogP contribution in [0.25, 0.3) is 0 Å². The molecule has 1 aliphatic rings. The van der Waals surface area contributed by atoms with Crippen LogP contribution < -0.4 is 0 Å². The zero-order valence-electron chi connectivity index (χ0n) is 16.4. The topological polar surface area (TPSA) is 76.1 Å². The van der Waals surface area contributed by atoms with Gasteiger partial charge < -0.3 is 14.6 Å². The first kappa shape index (κ1) is 21.8. The quantitative estimate of drug-likeness (QED) is 0.480. The molecule has 3 atom stereocenters. The first-order valence-corrected chi connectivity index (χ1v) is 8.80. The monoisotopic (exact) mass is 355 g/mol. The molecule has 1 aliphatic heterocycles. The molecule has 1 heterocycles. The number of likely N-dealkylation sites (tertiary alicyclic amines) is 1. The average molecular weight is 355 g/mol. The van der Waals surface area contributed by atoms with Crippen molar-refractivity contribution in [1.29, 1.82) is 0 Å². The number of amides is 2. The molecule has 0 bridgehead atoms. The molecule has 0 saturated carbocycles. The van der Waals surface area contributed by atoms with Gasteiger partial charge in [-0.2, -0.15) is 0 Å². The number of aliphatic hydroxyl groups is 1. The minimum Gasteiger partial charge on any atom is -0.390 e. The largest absolute Gasteiger partial charge is 0.390 e. The molecule has 0 radical (unpaired) electrons. The van der Waals surface area contributed by atoms with Crippen molar-refractivity contribution in [1.82, 2.24) is 4.90 Å². The molecule has 0 aromatic carbocycles. The van der Waals surface area contributed by atoms with Crippen LogP contribution in [0.5, 0.6) is 0 Å². The first-order chi connectivity index (χ1) is 11.4. The summed E-state index contributed by atoms with van der Waals surface area (Å²) in [6, 6.07) is 0. The van der Waals surface area contributed by atoms with Crippen LogP contribution in [0.3, 0.4) is 0 Å². The van der Waals surface area contributed by atoms with E-state index in [0.717, 1.165) is 0 Å². The number of ether oxygens (including phenoxy) is 2. The lowest BCUT2D eigenvalue weighted by molar-refractivity contribution is -0.141. The molecule has 0 aliphatic carbocycles. The predicted molar refractivity (Wildman–Crippen MR) is 95.9 cm³/mol. The molecule has 1 rings (SSSR count). The van der Waals surface area contributed by atoms with Gasteiger partial charge in [-0.25, -0.2) is 0 Å². The molecule has 0 aromatic heterocycles. The van der Waals surface area contributed by atoms with E-state index < -0.39 is 29.1 Å². The van der Waals surface area contributed by atoms with Crippen LogP contribution in [0.2, 0.25) is 0 Å². The molecule has 1 N–H and O–H groups in total. The van der Waals surface area contributed by atoms with Crippen LogP contribution in [0, 0.1) is 11.8 Å². The van der Waals surface area contributed by atoms with Crippen molar-refractivity contribution in [2.75, 3.05) is 20.3 Å². The minimum absolute atomic E-state index is 0.175. The highest BCUT2D eigenvalue weighted by molar-refractivity contribution is 6.05. The molecule has 6 nitrogen and oxygen atoms in total. The predicted octanol–water partition coefficient (Wildman–Crippen LogP) is 2.15. The van der Waals surface area contributed by atoms with Gasteiger partial charge in [-0.3, -0.25) is 14.5 Å². The maximum atomic E-state index is 12.7. The molecule has 3 unspecified atom stereocenters. The van der Waals surface area contributed by atoms with E-state index in [2.05, 4.69) is 6.58 Å². The number of hydrogen-bond acceptors (Lipinski definition) is 5. The van der Waals surface area contributed by atoms with E-state index >= 15 is 0 Å². The van der Waals surface area contributed by atoms with Crippen LogP contribution in [-0.4, -0.2) is 59.4 Å². The van der Waals surface area contributed by atoms with Crippen LogP contribution in [0.15, 0.2) is 12.7 Å². The highest BCUT2D eigenvalue weighted by atomic mass is 16.5. The number of nitrogens with zero attached hydrogens (tertiary/aromatic N) is 1. The number of carbonyl (C=O) groups is 2. The maximum absolute atomic E-state index is 12.7. The van der Waals surface area contributed by atoms with Crippen molar-refractivity contribution in [3.8, 4) is 0 Å². The maximum Gasteiger partial charge on any atom is 0.236 e. The Morgan fingerprint density at radius 3 is 2.32 bits per heavy atom. The number of imide groups is 1. The van der Waals surface area contributed by atoms with Gasteiger partial charge in [0.2, 0.25) is 11.8 Å². The van der Waals surface area contributed by atoms with Crippen LogP contribution in [0.1, 0.15) is 47.5 Å². The third-order valence-electron chi connectivity index (χ3n) is 4.75. The average Bonchev–Trinajstić information content (AvgIpc) is 2.69. The van der Waals surface area contributed by atoms with E-state index in [-0.39, 0.29) is 11.8 Å². The van der Waals surface area contributed by atoms with Gasteiger partial charge in [0.05, 0.1) is 35.7 Å². The van der Waals surface area contributed by atoms with Crippen molar-refractivity contribution in [3.63, 3.8) is 0 Å². The summed E-state index contributed by atoms with van der Waals surface area (Å²) < 4.78 is 11.1. The van der Waals surface area contributed by atoms with Crippen molar-refractivity contribution >= 4 is 11.8 Å². The van der Waals surface area contributed by atoms with E-state index in [4.69, 9.17) is 9.47 Å². The lowest BCUT2D eigenvalue weighted by Gasteiger charge is -2.29. The zero-order valence-corrected chi connectivity index (χ0v) is 16.4. The van der Waals surface area contributed by atoms with Crippen molar-refractivity contribution in [2.45, 2.75) is 64.8 Å². The number of methoxy groups -OCH3 is 1.